The van der Waals surface area contributed by atoms with Crippen molar-refractivity contribution in [3.05, 3.63) is 51.7 Å². The molecule has 0 aliphatic carbocycles. The van der Waals surface area contributed by atoms with Gasteiger partial charge in [0.15, 0.2) is 0 Å². The van der Waals surface area contributed by atoms with Gasteiger partial charge in [-0.05, 0) is 37.3 Å². The Morgan fingerprint density at radius 2 is 1.94 bits per heavy atom. The molecule has 0 aliphatic heterocycles. The maximum absolute atomic E-state index is 12.5. The smallest absolute Gasteiger partial charge is 0.255 e. The molecule has 18 heavy (non-hydrogen) atoms. The highest BCUT2D eigenvalue weighted by Gasteiger charge is 2.30. The van der Waals surface area contributed by atoms with Crippen LogP contribution in [0, 0.1) is 6.92 Å². The molecule has 0 atom stereocenters. The van der Waals surface area contributed by atoms with Gasteiger partial charge in [0.2, 0.25) is 0 Å². The number of alkyl halides is 3. The van der Waals surface area contributed by atoms with Gasteiger partial charge >= 0.3 is 6.18 Å². The molecule has 94 valence electrons. The maximum Gasteiger partial charge on any atom is 0.416 e. The number of hydrogen-bond acceptors (Lipinski definition) is 2. The summed E-state index contributed by atoms with van der Waals surface area (Å²) in [5.74, 6) is 0. The van der Waals surface area contributed by atoms with Gasteiger partial charge in [0.1, 0.15) is 0 Å². The van der Waals surface area contributed by atoms with Crippen molar-refractivity contribution in [3.8, 4) is 0 Å². The monoisotopic (exact) mass is 269 g/mol. The lowest BCUT2D eigenvalue weighted by atomic mass is 10.2. The van der Waals surface area contributed by atoms with E-state index in [9.17, 15) is 13.2 Å². The van der Waals surface area contributed by atoms with Crippen LogP contribution in [-0.4, -0.2) is 6.21 Å². The summed E-state index contributed by atoms with van der Waals surface area (Å²) in [6.45, 7) is 1.96. The van der Waals surface area contributed by atoms with Crippen LogP contribution in [0.3, 0.4) is 0 Å². The number of hydrogen-bond donors (Lipinski definition) is 0. The molecule has 0 bridgehead atoms. The van der Waals surface area contributed by atoms with Crippen molar-refractivity contribution < 1.29 is 13.2 Å². The van der Waals surface area contributed by atoms with E-state index < -0.39 is 11.7 Å². The first-order chi connectivity index (χ1) is 8.45. The van der Waals surface area contributed by atoms with Crippen LogP contribution in [0.4, 0.5) is 18.9 Å². The zero-order valence-electron chi connectivity index (χ0n) is 9.53. The van der Waals surface area contributed by atoms with Crippen LogP contribution < -0.4 is 0 Å². The minimum atomic E-state index is -4.33. The van der Waals surface area contributed by atoms with Crippen LogP contribution in [0.2, 0.25) is 0 Å². The number of halogens is 3. The van der Waals surface area contributed by atoms with E-state index in [1.165, 1.54) is 6.07 Å². The van der Waals surface area contributed by atoms with Crippen molar-refractivity contribution in [2.24, 2.45) is 4.99 Å². The van der Waals surface area contributed by atoms with Gasteiger partial charge in [0.25, 0.3) is 0 Å². The normalized spacial score (nSPS) is 12.2. The predicted octanol–water partition coefficient (Wildman–Crippen LogP) is 4.83. The first-order valence-corrected chi connectivity index (χ1v) is 6.04. The lowest BCUT2D eigenvalue weighted by molar-refractivity contribution is -0.137. The second-order valence-corrected chi connectivity index (χ2v) is 5.07. The van der Waals surface area contributed by atoms with Crippen molar-refractivity contribution in [2.75, 3.05) is 0 Å². The molecule has 0 N–H and O–H groups in total. The topological polar surface area (TPSA) is 12.4 Å². The van der Waals surface area contributed by atoms with Gasteiger partial charge < -0.3 is 0 Å². The summed E-state index contributed by atoms with van der Waals surface area (Å²) in [6.07, 6.45) is -2.75. The fourth-order valence-electron chi connectivity index (χ4n) is 1.42. The second kappa shape index (κ2) is 4.94. The van der Waals surface area contributed by atoms with Crippen LogP contribution >= 0.6 is 11.3 Å². The number of aryl methyl sites for hydroxylation is 1. The molecule has 0 saturated carbocycles. The van der Waals surface area contributed by atoms with Gasteiger partial charge in [-0.25, -0.2) is 0 Å². The molecule has 0 fully saturated rings. The van der Waals surface area contributed by atoms with E-state index in [0.29, 0.717) is 5.69 Å². The lowest BCUT2D eigenvalue weighted by Crippen LogP contribution is -2.03. The molecule has 1 nitrogen and oxygen atoms in total. The zero-order valence-corrected chi connectivity index (χ0v) is 10.3. The lowest BCUT2D eigenvalue weighted by Gasteiger charge is -2.06. The molecule has 1 aromatic heterocycles. The van der Waals surface area contributed by atoms with Crippen LogP contribution in [0.1, 0.15) is 15.3 Å². The van der Waals surface area contributed by atoms with E-state index in [2.05, 4.69) is 4.99 Å². The van der Waals surface area contributed by atoms with Crippen molar-refractivity contribution >= 4 is 23.2 Å². The Hall–Kier alpha value is -1.62. The summed E-state index contributed by atoms with van der Waals surface area (Å²) in [5.41, 5.74) is -0.379. The molecule has 1 aromatic carbocycles. The largest absolute Gasteiger partial charge is 0.416 e. The SMILES string of the molecule is Cc1ccc(C=Nc2cccc(C(F)(F)F)c2)s1. The number of aliphatic imine (C=N–C) groups is 1. The highest BCUT2D eigenvalue weighted by atomic mass is 32.1. The third kappa shape index (κ3) is 3.20. The molecule has 2 aromatic rings. The minimum Gasteiger partial charge on any atom is -0.255 e. The van der Waals surface area contributed by atoms with Gasteiger partial charge in [0, 0.05) is 16.0 Å². The second-order valence-electron chi connectivity index (χ2n) is 3.75. The predicted molar refractivity (Wildman–Crippen MR) is 67.8 cm³/mol. The van der Waals surface area contributed by atoms with Crippen LogP contribution in [-0.2, 0) is 6.18 Å². The molecule has 0 spiro atoms. The molecule has 5 heteroatoms. The van der Waals surface area contributed by atoms with Gasteiger partial charge in [-0.15, -0.1) is 11.3 Å². The van der Waals surface area contributed by atoms with Crippen molar-refractivity contribution in [3.63, 3.8) is 0 Å². The summed E-state index contributed by atoms with van der Waals surface area (Å²) in [4.78, 5) is 6.11. The Kier molecular flexibility index (Phi) is 3.52. The van der Waals surface area contributed by atoms with E-state index in [4.69, 9.17) is 0 Å². The van der Waals surface area contributed by atoms with E-state index in [-0.39, 0.29) is 0 Å². The Balaban J connectivity index is 2.22. The fraction of sp³-hybridized carbons (Fsp3) is 0.154. The molecule has 0 radical (unpaired) electrons. The molecule has 0 amide bonds. The summed E-state index contributed by atoms with van der Waals surface area (Å²) in [7, 11) is 0. The van der Waals surface area contributed by atoms with E-state index in [1.807, 2.05) is 19.1 Å². The maximum atomic E-state index is 12.5. The van der Waals surface area contributed by atoms with Gasteiger partial charge in [-0.3, -0.25) is 4.99 Å². The quantitative estimate of drug-likeness (QED) is 0.693. The van der Waals surface area contributed by atoms with E-state index >= 15 is 0 Å². The molecular formula is C13H10F3NS. The van der Waals surface area contributed by atoms with Crippen LogP contribution in [0.5, 0.6) is 0 Å². The first kappa shape index (κ1) is 12.8. The van der Waals surface area contributed by atoms with Gasteiger partial charge in [0.05, 0.1) is 11.3 Å². The standard InChI is InChI=1S/C13H10F3NS/c1-9-5-6-12(18-9)8-17-11-4-2-3-10(7-11)13(14,15)16/h2-8H,1H3. The first-order valence-electron chi connectivity index (χ1n) is 5.23. The molecule has 2 rings (SSSR count). The fourth-order valence-corrected chi connectivity index (χ4v) is 2.17. The number of nitrogens with zero attached hydrogens (tertiary/aromatic N) is 1. The van der Waals surface area contributed by atoms with Crippen LogP contribution in [0.15, 0.2) is 41.4 Å². The zero-order chi connectivity index (χ0) is 13.2. The van der Waals surface area contributed by atoms with Crippen molar-refractivity contribution in [2.45, 2.75) is 13.1 Å². The molecule has 1 heterocycles. The third-order valence-corrected chi connectivity index (χ3v) is 3.21. The summed E-state index contributed by atoms with van der Waals surface area (Å²) in [6, 6.07) is 8.81. The van der Waals surface area contributed by atoms with Crippen molar-refractivity contribution in [1.82, 2.24) is 0 Å². The molecule has 0 unspecified atom stereocenters. The Morgan fingerprint density at radius 3 is 2.56 bits per heavy atom. The molecule has 0 aliphatic rings. The number of benzene rings is 1. The summed E-state index contributed by atoms with van der Waals surface area (Å²) in [5, 5.41) is 0. The Labute approximate surface area is 107 Å². The summed E-state index contributed by atoms with van der Waals surface area (Å²) < 4.78 is 37.5. The van der Waals surface area contributed by atoms with Gasteiger partial charge in [-0.2, -0.15) is 13.2 Å². The molecule has 0 saturated heterocycles. The Morgan fingerprint density at radius 1 is 1.17 bits per heavy atom. The van der Waals surface area contributed by atoms with Crippen LogP contribution in [0.25, 0.3) is 0 Å². The Bertz CT molecular complexity index is 570. The van der Waals surface area contributed by atoms with Crippen molar-refractivity contribution in [1.29, 1.82) is 0 Å². The highest BCUT2D eigenvalue weighted by molar-refractivity contribution is 7.13. The van der Waals surface area contributed by atoms with Gasteiger partial charge in [-0.1, -0.05) is 6.07 Å². The average Bonchev–Trinajstić information content (AvgIpc) is 2.72. The molecular weight excluding hydrogens is 259 g/mol. The van der Waals surface area contributed by atoms with E-state index in [1.54, 1.807) is 23.6 Å². The number of rotatable bonds is 2. The third-order valence-electron chi connectivity index (χ3n) is 2.28. The minimum absolute atomic E-state index is 0.302. The highest BCUT2D eigenvalue weighted by Crippen LogP contribution is 2.31. The number of thiophene rings is 1. The summed E-state index contributed by atoms with van der Waals surface area (Å²) >= 11 is 1.55. The van der Waals surface area contributed by atoms with E-state index in [0.717, 1.165) is 21.9 Å². The average molecular weight is 269 g/mol.